The lowest BCUT2D eigenvalue weighted by Crippen LogP contribution is -2.47. The van der Waals surface area contributed by atoms with Crippen molar-refractivity contribution in [2.75, 3.05) is 26.2 Å². The van der Waals surface area contributed by atoms with Crippen LogP contribution in [0.3, 0.4) is 0 Å². The van der Waals surface area contributed by atoms with E-state index in [0.717, 1.165) is 32.1 Å². The summed E-state index contributed by atoms with van der Waals surface area (Å²) in [5.41, 5.74) is 6.20. The van der Waals surface area contributed by atoms with E-state index in [9.17, 15) is 0 Å². The molecule has 2 atom stereocenters. The minimum absolute atomic E-state index is 0.0507. The second kappa shape index (κ2) is 4.95. The third-order valence-electron chi connectivity index (χ3n) is 3.18. The Labute approximate surface area is 96.2 Å². The summed E-state index contributed by atoms with van der Waals surface area (Å²) in [5, 5.41) is 0. The summed E-state index contributed by atoms with van der Waals surface area (Å²) in [6.07, 6.45) is 3.74. The van der Waals surface area contributed by atoms with Crippen molar-refractivity contribution >= 4 is 0 Å². The Morgan fingerprint density at radius 1 is 1.69 bits per heavy atom. The van der Waals surface area contributed by atoms with Crippen LogP contribution in [0.2, 0.25) is 0 Å². The molecule has 0 aromatic carbocycles. The molecular formula is C11H20N4O. The largest absolute Gasteiger partial charge is 0.373 e. The molecule has 2 rings (SSSR count). The maximum Gasteiger partial charge on any atom is 0.128 e. The number of imidazole rings is 1. The number of hydrogen-bond acceptors (Lipinski definition) is 4. The fraction of sp³-hybridized carbons (Fsp3) is 0.727. The molecule has 90 valence electrons. The van der Waals surface area contributed by atoms with Crippen LogP contribution < -0.4 is 5.73 Å². The third-order valence-corrected chi connectivity index (χ3v) is 3.18. The first kappa shape index (κ1) is 11.6. The molecule has 16 heavy (non-hydrogen) atoms. The van der Waals surface area contributed by atoms with Crippen LogP contribution in [0.1, 0.15) is 18.8 Å². The summed E-state index contributed by atoms with van der Waals surface area (Å²) in [6, 6.07) is -0.144. The average Bonchev–Trinajstić information content (AvgIpc) is 2.74. The zero-order valence-corrected chi connectivity index (χ0v) is 9.97. The van der Waals surface area contributed by atoms with Gasteiger partial charge in [-0.15, -0.1) is 0 Å². The molecule has 1 aromatic heterocycles. The molecular weight excluding hydrogens is 204 g/mol. The normalized spacial score (nSPS) is 24.6. The minimum atomic E-state index is -0.144. The SMILES string of the molecule is CCN1CCOC(C(N)c2nccn2C)C1. The number of aromatic nitrogens is 2. The van der Waals surface area contributed by atoms with E-state index in [-0.39, 0.29) is 12.1 Å². The highest BCUT2D eigenvalue weighted by molar-refractivity contribution is 5.01. The summed E-state index contributed by atoms with van der Waals surface area (Å²) in [4.78, 5) is 6.64. The smallest absolute Gasteiger partial charge is 0.128 e. The van der Waals surface area contributed by atoms with Crippen molar-refractivity contribution in [1.82, 2.24) is 14.5 Å². The molecule has 0 saturated carbocycles. The van der Waals surface area contributed by atoms with E-state index in [4.69, 9.17) is 10.5 Å². The van der Waals surface area contributed by atoms with Crippen molar-refractivity contribution in [1.29, 1.82) is 0 Å². The molecule has 1 aliphatic rings. The minimum Gasteiger partial charge on any atom is -0.373 e. The predicted molar refractivity (Wildman–Crippen MR) is 62.0 cm³/mol. The molecule has 0 amide bonds. The number of ether oxygens (including phenoxy) is 1. The van der Waals surface area contributed by atoms with Gasteiger partial charge in [0.25, 0.3) is 0 Å². The predicted octanol–water partition coefficient (Wildman–Crippen LogP) is 0.141. The van der Waals surface area contributed by atoms with Crippen LogP contribution in [0.5, 0.6) is 0 Å². The molecule has 1 saturated heterocycles. The van der Waals surface area contributed by atoms with Crippen molar-refractivity contribution in [3.8, 4) is 0 Å². The second-order valence-electron chi connectivity index (χ2n) is 4.22. The maximum absolute atomic E-state index is 6.20. The Bertz CT molecular complexity index is 338. The number of hydrogen-bond donors (Lipinski definition) is 1. The van der Waals surface area contributed by atoms with E-state index in [1.165, 1.54) is 0 Å². The van der Waals surface area contributed by atoms with Crippen LogP contribution in [0, 0.1) is 0 Å². The van der Waals surface area contributed by atoms with Crippen molar-refractivity contribution in [2.45, 2.75) is 19.1 Å². The molecule has 2 N–H and O–H groups in total. The third kappa shape index (κ3) is 2.26. The summed E-state index contributed by atoms with van der Waals surface area (Å²) in [6.45, 7) is 5.86. The molecule has 5 heteroatoms. The molecule has 1 aliphatic heterocycles. The van der Waals surface area contributed by atoms with Gasteiger partial charge < -0.3 is 15.0 Å². The molecule has 0 radical (unpaired) electrons. The molecule has 0 bridgehead atoms. The Balaban J connectivity index is 2.04. The monoisotopic (exact) mass is 224 g/mol. The summed E-state index contributed by atoms with van der Waals surface area (Å²) in [5.74, 6) is 0.892. The van der Waals surface area contributed by atoms with Crippen molar-refractivity contribution in [2.24, 2.45) is 12.8 Å². The van der Waals surface area contributed by atoms with Gasteiger partial charge in [0.05, 0.1) is 18.8 Å². The fourth-order valence-corrected chi connectivity index (χ4v) is 2.10. The Hall–Kier alpha value is -0.910. The van der Waals surface area contributed by atoms with E-state index in [0.29, 0.717) is 0 Å². The summed E-state index contributed by atoms with van der Waals surface area (Å²) >= 11 is 0. The molecule has 5 nitrogen and oxygen atoms in total. The van der Waals surface area contributed by atoms with Crippen LogP contribution >= 0.6 is 0 Å². The Kier molecular flexibility index (Phi) is 3.58. The summed E-state index contributed by atoms with van der Waals surface area (Å²) < 4.78 is 7.69. The number of aryl methyl sites for hydroxylation is 1. The lowest BCUT2D eigenvalue weighted by Gasteiger charge is -2.34. The van der Waals surface area contributed by atoms with Gasteiger partial charge >= 0.3 is 0 Å². The molecule has 2 heterocycles. The first-order valence-corrected chi connectivity index (χ1v) is 5.79. The average molecular weight is 224 g/mol. The van der Waals surface area contributed by atoms with Gasteiger partial charge in [-0.05, 0) is 6.54 Å². The zero-order chi connectivity index (χ0) is 11.5. The van der Waals surface area contributed by atoms with Crippen LogP contribution in [-0.2, 0) is 11.8 Å². The van der Waals surface area contributed by atoms with Crippen LogP contribution in [-0.4, -0.2) is 46.8 Å². The molecule has 2 unspecified atom stereocenters. The lowest BCUT2D eigenvalue weighted by atomic mass is 10.1. The number of likely N-dealkylation sites (N-methyl/N-ethyl adjacent to an activating group) is 1. The molecule has 1 aromatic rings. The van der Waals surface area contributed by atoms with Gasteiger partial charge in [-0.1, -0.05) is 6.92 Å². The van der Waals surface area contributed by atoms with E-state index in [2.05, 4.69) is 16.8 Å². The number of rotatable bonds is 3. The van der Waals surface area contributed by atoms with E-state index in [1.54, 1.807) is 6.20 Å². The van der Waals surface area contributed by atoms with Gasteiger partial charge in [-0.3, -0.25) is 4.90 Å². The number of nitrogens with two attached hydrogens (primary N) is 1. The van der Waals surface area contributed by atoms with Crippen LogP contribution in [0.4, 0.5) is 0 Å². The van der Waals surface area contributed by atoms with Gasteiger partial charge in [-0.2, -0.15) is 0 Å². The standard InChI is InChI=1S/C11H20N4O/c1-3-15-6-7-16-9(8-15)10(12)11-13-4-5-14(11)2/h4-5,9-10H,3,6-8,12H2,1-2H3. The number of morpholine rings is 1. The topological polar surface area (TPSA) is 56.3 Å². The number of nitrogens with zero attached hydrogens (tertiary/aromatic N) is 3. The first-order valence-electron chi connectivity index (χ1n) is 5.79. The Morgan fingerprint density at radius 2 is 2.50 bits per heavy atom. The molecule has 1 fully saturated rings. The maximum atomic E-state index is 6.20. The van der Waals surface area contributed by atoms with Gasteiger partial charge in [0.1, 0.15) is 5.82 Å². The Morgan fingerprint density at radius 3 is 3.12 bits per heavy atom. The zero-order valence-electron chi connectivity index (χ0n) is 9.97. The van der Waals surface area contributed by atoms with E-state index in [1.807, 2.05) is 17.8 Å². The first-order chi connectivity index (χ1) is 7.72. The van der Waals surface area contributed by atoms with Crippen molar-refractivity contribution in [3.05, 3.63) is 18.2 Å². The second-order valence-corrected chi connectivity index (χ2v) is 4.22. The quantitative estimate of drug-likeness (QED) is 0.793. The van der Waals surface area contributed by atoms with Gasteiger partial charge in [0, 0.05) is 32.5 Å². The highest BCUT2D eigenvalue weighted by atomic mass is 16.5. The highest BCUT2D eigenvalue weighted by Gasteiger charge is 2.28. The highest BCUT2D eigenvalue weighted by Crippen LogP contribution is 2.18. The molecule has 0 aliphatic carbocycles. The lowest BCUT2D eigenvalue weighted by molar-refractivity contribution is -0.0408. The molecule has 0 spiro atoms. The van der Waals surface area contributed by atoms with E-state index >= 15 is 0 Å². The van der Waals surface area contributed by atoms with Gasteiger partial charge in [-0.25, -0.2) is 4.98 Å². The van der Waals surface area contributed by atoms with Gasteiger partial charge in [0.15, 0.2) is 0 Å². The van der Waals surface area contributed by atoms with Crippen molar-refractivity contribution < 1.29 is 4.74 Å². The van der Waals surface area contributed by atoms with Crippen molar-refractivity contribution in [3.63, 3.8) is 0 Å². The van der Waals surface area contributed by atoms with Gasteiger partial charge in [0.2, 0.25) is 0 Å². The van der Waals surface area contributed by atoms with Crippen LogP contribution in [0.25, 0.3) is 0 Å². The fourth-order valence-electron chi connectivity index (χ4n) is 2.10. The summed E-state index contributed by atoms with van der Waals surface area (Å²) in [7, 11) is 1.96. The van der Waals surface area contributed by atoms with Crippen LogP contribution in [0.15, 0.2) is 12.4 Å². The van der Waals surface area contributed by atoms with E-state index < -0.39 is 0 Å².